The quantitative estimate of drug-likeness (QED) is 0.541. The van der Waals surface area contributed by atoms with Crippen molar-refractivity contribution in [2.45, 2.75) is 12.8 Å². The first-order valence-electron chi connectivity index (χ1n) is 8.24. The van der Waals surface area contributed by atoms with E-state index in [-0.39, 0.29) is 0 Å². The molecular weight excluding hydrogens is 300 g/mol. The highest BCUT2D eigenvalue weighted by molar-refractivity contribution is 5.88. The highest BCUT2D eigenvalue weighted by Crippen LogP contribution is 2.25. The molecule has 124 valence electrons. The van der Waals surface area contributed by atoms with Crippen LogP contribution in [0.1, 0.15) is 12.8 Å². The van der Waals surface area contributed by atoms with Gasteiger partial charge in [0.1, 0.15) is 17.2 Å². The fourth-order valence-corrected chi connectivity index (χ4v) is 2.59. The maximum Gasteiger partial charge on any atom is 0.127 e. The van der Waals surface area contributed by atoms with Gasteiger partial charge in [-0.25, -0.2) is 0 Å². The molecule has 3 rings (SSSR count). The minimum absolute atomic E-state index is 0.673. The molecule has 24 heavy (non-hydrogen) atoms. The first kappa shape index (κ1) is 16.2. The first-order valence-corrected chi connectivity index (χ1v) is 8.24. The Morgan fingerprint density at radius 3 is 2.29 bits per heavy atom. The van der Waals surface area contributed by atoms with Crippen molar-refractivity contribution in [3.63, 3.8) is 0 Å². The minimum Gasteiger partial charge on any atom is -0.497 e. The van der Waals surface area contributed by atoms with Crippen LogP contribution in [0.4, 0.5) is 0 Å². The van der Waals surface area contributed by atoms with E-state index in [0.717, 1.165) is 35.5 Å². The van der Waals surface area contributed by atoms with Crippen molar-refractivity contribution < 1.29 is 14.2 Å². The smallest absolute Gasteiger partial charge is 0.127 e. The molecule has 0 spiro atoms. The van der Waals surface area contributed by atoms with E-state index in [1.807, 2.05) is 48.5 Å². The summed E-state index contributed by atoms with van der Waals surface area (Å²) in [6.45, 7) is 1.36. The summed E-state index contributed by atoms with van der Waals surface area (Å²) in [6.07, 6.45) is 1.90. The average molecular weight is 322 g/mol. The normalized spacial score (nSPS) is 10.5. The molecule has 0 heterocycles. The van der Waals surface area contributed by atoms with Gasteiger partial charge in [0.25, 0.3) is 0 Å². The molecule has 0 aromatic heterocycles. The summed E-state index contributed by atoms with van der Waals surface area (Å²) in [5.74, 6) is 2.60. The lowest BCUT2D eigenvalue weighted by molar-refractivity contribution is 0.267. The standard InChI is InChI=1S/C21H22O3/c1-22-18-10-7-11-19(16-18)23-14-4-5-15-24-21-13-6-9-17-8-2-3-12-20(17)21/h2-3,6-13,16H,4-5,14-15H2,1H3. The second-order valence-electron chi connectivity index (χ2n) is 5.56. The molecule has 0 aliphatic heterocycles. The second-order valence-corrected chi connectivity index (χ2v) is 5.56. The van der Waals surface area contributed by atoms with E-state index in [9.17, 15) is 0 Å². The molecule has 0 fully saturated rings. The lowest BCUT2D eigenvalue weighted by atomic mass is 10.1. The summed E-state index contributed by atoms with van der Waals surface area (Å²) in [5, 5.41) is 2.36. The number of fused-ring (bicyclic) bond motifs is 1. The van der Waals surface area contributed by atoms with Crippen LogP contribution in [0.25, 0.3) is 10.8 Å². The maximum absolute atomic E-state index is 5.93. The Bertz CT molecular complexity index is 777. The zero-order valence-electron chi connectivity index (χ0n) is 13.9. The molecule has 0 amide bonds. The summed E-state index contributed by atoms with van der Waals surface area (Å²) in [5.41, 5.74) is 0. The monoisotopic (exact) mass is 322 g/mol. The van der Waals surface area contributed by atoms with Crippen LogP contribution in [0.3, 0.4) is 0 Å². The number of methoxy groups -OCH3 is 1. The molecule has 0 saturated carbocycles. The highest BCUT2D eigenvalue weighted by Gasteiger charge is 2.01. The van der Waals surface area contributed by atoms with Gasteiger partial charge in [-0.3, -0.25) is 0 Å². The molecule has 3 nitrogen and oxygen atoms in total. The molecule has 3 aromatic carbocycles. The van der Waals surface area contributed by atoms with Crippen LogP contribution >= 0.6 is 0 Å². The fourth-order valence-electron chi connectivity index (χ4n) is 2.59. The van der Waals surface area contributed by atoms with Crippen LogP contribution in [0.2, 0.25) is 0 Å². The average Bonchev–Trinajstić information content (AvgIpc) is 2.65. The molecule has 3 aromatic rings. The number of hydrogen-bond donors (Lipinski definition) is 0. The number of rotatable bonds is 8. The lowest BCUT2D eigenvalue weighted by Gasteiger charge is -2.10. The van der Waals surface area contributed by atoms with Gasteiger partial charge >= 0.3 is 0 Å². The van der Waals surface area contributed by atoms with Gasteiger partial charge in [0, 0.05) is 11.5 Å². The third-order valence-electron chi connectivity index (χ3n) is 3.86. The summed E-state index contributed by atoms with van der Waals surface area (Å²) in [6, 6.07) is 22.1. The van der Waals surface area contributed by atoms with Crippen LogP contribution < -0.4 is 14.2 Å². The van der Waals surface area contributed by atoms with E-state index in [4.69, 9.17) is 14.2 Å². The lowest BCUT2D eigenvalue weighted by Crippen LogP contribution is -2.03. The van der Waals surface area contributed by atoms with E-state index in [0.29, 0.717) is 13.2 Å². The minimum atomic E-state index is 0.673. The van der Waals surface area contributed by atoms with Crippen molar-refractivity contribution in [1.82, 2.24) is 0 Å². The third kappa shape index (κ3) is 4.19. The Morgan fingerprint density at radius 1 is 0.708 bits per heavy atom. The van der Waals surface area contributed by atoms with Gasteiger partial charge in [-0.1, -0.05) is 42.5 Å². The molecule has 0 N–H and O–H groups in total. The van der Waals surface area contributed by atoms with E-state index < -0.39 is 0 Å². The Balaban J connectivity index is 1.42. The Morgan fingerprint density at radius 2 is 1.42 bits per heavy atom. The van der Waals surface area contributed by atoms with E-state index in [2.05, 4.69) is 18.2 Å². The number of unbranched alkanes of at least 4 members (excludes halogenated alkanes) is 1. The van der Waals surface area contributed by atoms with Crippen molar-refractivity contribution in [2.75, 3.05) is 20.3 Å². The summed E-state index contributed by atoms with van der Waals surface area (Å²) < 4.78 is 16.9. The van der Waals surface area contributed by atoms with Gasteiger partial charge < -0.3 is 14.2 Å². The van der Waals surface area contributed by atoms with Crippen molar-refractivity contribution in [2.24, 2.45) is 0 Å². The van der Waals surface area contributed by atoms with E-state index in [1.54, 1.807) is 7.11 Å². The van der Waals surface area contributed by atoms with Gasteiger partial charge in [0.15, 0.2) is 0 Å². The Labute approximate surface area is 142 Å². The zero-order valence-corrected chi connectivity index (χ0v) is 13.9. The largest absolute Gasteiger partial charge is 0.497 e. The predicted octanol–water partition coefficient (Wildman–Crippen LogP) is 5.09. The molecule has 0 atom stereocenters. The van der Waals surface area contributed by atoms with Crippen molar-refractivity contribution in [3.05, 3.63) is 66.7 Å². The van der Waals surface area contributed by atoms with Crippen molar-refractivity contribution >= 4 is 10.8 Å². The predicted molar refractivity (Wildman–Crippen MR) is 97.2 cm³/mol. The molecule has 0 aliphatic carbocycles. The molecule has 0 bridgehead atoms. The number of ether oxygens (including phenoxy) is 3. The van der Waals surface area contributed by atoms with Crippen LogP contribution in [-0.4, -0.2) is 20.3 Å². The topological polar surface area (TPSA) is 27.7 Å². The zero-order chi connectivity index (χ0) is 16.6. The van der Waals surface area contributed by atoms with Gasteiger partial charge in [-0.2, -0.15) is 0 Å². The molecular formula is C21H22O3. The highest BCUT2D eigenvalue weighted by atomic mass is 16.5. The van der Waals surface area contributed by atoms with E-state index in [1.165, 1.54) is 5.39 Å². The second kappa shape index (κ2) is 8.25. The van der Waals surface area contributed by atoms with Crippen LogP contribution in [0, 0.1) is 0 Å². The third-order valence-corrected chi connectivity index (χ3v) is 3.86. The molecule has 3 heteroatoms. The Kier molecular flexibility index (Phi) is 5.56. The summed E-state index contributed by atoms with van der Waals surface area (Å²) in [7, 11) is 1.66. The Hall–Kier alpha value is -2.68. The van der Waals surface area contributed by atoms with E-state index >= 15 is 0 Å². The van der Waals surface area contributed by atoms with Gasteiger partial charge in [-0.05, 0) is 36.4 Å². The number of benzene rings is 3. The summed E-state index contributed by atoms with van der Waals surface area (Å²) in [4.78, 5) is 0. The van der Waals surface area contributed by atoms with Crippen LogP contribution in [-0.2, 0) is 0 Å². The molecule has 0 saturated heterocycles. The first-order chi connectivity index (χ1) is 11.9. The SMILES string of the molecule is COc1cccc(OCCCCOc2cccc3ccccc23)c1. The maximum atomic E-state index is 5.93. The molecule has 0 aliphatic rings. The van der Waals surface area contributed by atoms with Crippen molar-refractivity contribution in [1.29, 1.82) is 0 Å². The van der Waals surface area contributed by atoms with Crippen LogP contribution in [0.5, 0.6) is 17.2 Å². The number of hydrogen-bond acceptors (Lipinski definition) is 3. The van der Waals surface area contributed by atoms with Crippen molar-refractivity contribution in [3.8, 4) is 17.2 Å². The molecule has 0 unspecified atom stereocenters. The molecule has 0 radical (unpaired) electrons. The van der Waals surface area contributed by atoms with Gasteiger partial charge in [0.05, 0.1) is 20.3 Å². The summed E-state index contributed by atoms with van der Waals surface area (Å²) >= 11 is 0. The van der Waals surface area contributed by atoms with Crippen LogP contribution in [0.15, 0.2) is 66.7 Å². The van der Waals surface area contributed by atoms with Gasteiger partial charge in [-0.15, -0.1) is 0 Å². The van der Waals surface area contributed by atoms with Gasteiger partial charge in [0.2, 0.25) is 0 Å². The fraction of sp³-hybridized carbons (Fsp3) is 0.238.